The summed E-state index contributed by atoms with van der Waals surface area (Å²) in [5.41, 5.74) is 0. The van der Waals surface area contributed by atoms with E-state index < -0.39 is 49.5 Å². The molecule has 1 aliphatic rings. The maximum absolute atomic E-state index is 13.0. The molecule has 1 fully saturated rings. The van der Waals surface area contributed by atoms with Crippen LogP contribution in [0.4, 0.5) is 0 Å². The first-order valence-corrected chi connectivity index (χ1v) is 32.2. The van der Waals surface area contributed by atoms with Crippen LogP contribution in [0.15, 0.2) is 72.9 Å². The smallest absolute Gasteiger partial charge is 0.305 e. The van der Waals surface area contributed by atoms with Crippen LogP contribution in [-0.2, 0) is 23.8 Å². The van der Waals surface area contributed by atoms with Gasteiger partial charge in [0.15, 0.2) is 6.29 Å². The quantitative estimate of drug-likeness (QED) is 0.0195. The van der Waals surface area contributed by atoms with Gasteiger partial charge in [-0.15, -0.1) is 0 Å². The monoisotopic (exact) mass is 1100 g/mol. The summed E-state index contributed by atoms with van der Waals surface area (Å²) < 4.78 is 16.7. The first-order chi connectivity index (χ1) is 38.2. The van der Waals surface area contributed by atoms with E-state index in [0.717, 1.165) is 96.3 Å². The van der Waals surface area contributed by atoms with Gasteiger partial charge in [0.1, 0.15) is 24.4 Å². The summed E-state index contributed by atoms with van der Waals surface area (Å²) in [6.07, 6.45) is 64.6. The van der Waals surface area contributed by atoms with Crippen molar-refractivity contribution in [1.82, 2.24) is 5.32 Å². The Morgan fingerprint density at radius 1 is 0.474 bits per heavy atom. The van der Waals surface area contributed by atoms with Crippen molar-refractivity contribution in [2.45, 2.75) is 320 Å². The second-order valence-electron chi connectivity index (χ2n) is 22.1. The molecule has 0 saturated carbocycles. The van der Waals surface area contributed by atoms with Crippen LogP contribution >= 0.6 is 0 Å². The Kier molecular flexibility index (Phi) is 52.5. The highest BCUT2D eigenvalue weighted by molar-refractivity contribution is 5.76. The molecule has 7 atom stereocenters. The molecule has 0 aromatic carbocycles. The van der Waals surface area contributed by atoms with Gasteiger partial charge in [-0.1, -0.05) is 228 Å². The minimum absolute atomic E-state index is 0.0163. The number of amides is 1. The zero-order valence-electron chi connectivity index (χ0n) is 49.9. The van der Waals surface area contributed by atoms with E-state index in [1.54, 1.807) is 6.08 Å². The molecule has 1 saturated heterocycles. The largest absolute Gasteiger partial charge is 0.466 e. The zero-order valence-corrected chi connectivity index (χ0v) is 49.9. The van der Waals surface area contributed by atoms with E-state index in [-0.39, 0.29) is 18.5 Å². The molecule has 11 nitrogen and oxygen atoms in total. The summed E-state index contributed by atoms with van der Waals surface area (Å²) in [6, 6.07) is -0.832. The lowest BCUT2D eigenvalue weighted by molar-refractivity contribution is -0.302. The first-order valence-electron chi connectivity index (χ1n) is 32.2. The summed E-state index contributed by atoms with van der Waals surface area (Å²) in [4.78, 5) is 25.1. The van der Waals surface area contributed by atoms with E-state index in [0.29, 0.717) is 19.4 Å². The Morgan fingerprint density at radius 3 is 1.37 bits per heavy atom. The Morgan fingerprint density at radius 2 is 0.872 bits per heavy atom. The molecule has 452 valence electrons. The molecule has 0 bridgehead atoms. The van der Waals surface area contributed by atoms with E-state index in [1.807, 2.05) is 6.08 Å². The molecule has 0 radical (unpaired) electrons. The predicted molar refractivity (Wildman–Crippen MR) is 324 cm³/mol. The van der Waals surface area contributed by atoms with Crippen molar-refractivity contribution in [3.05, 3.63) is 72.9 Å². The number of nitrogens with one attached hydrogen (secondary N) is 1. The predicted octanol–water partition coefficient (Wildman–Crippen LogP) is 15.6. The fourth-order valence-electron chi connectivity index (χ4n) is 9.63. The van der Waals surface area contributed by atoms with Gasteiger partial charge < -0.3 is 45.1 Å². The van der Waals surface area contributed by atoms with Gasteiger partial charge in [-0.3, -0.25) is 9.59 Å². The Bertz CT molecular complexity index is 1520. The molecular formula is C67H119NO10. The molecule has 0 aromatic rings. The number of hydrogen-bond acceptors (Lipinski definition) is 10. The normalized spacial score (nSPS) is 19.0. The molecule has 1 amide bonds. The molecule has 0 aliphatic carbocycles. The number of aliphatic hydroxyl groups excluding tert-OH is 5. The third-order valence-electron chi connectivity index (χ3n) is 14.8. The van der Waals surface area contributed by atoms with Gasteiger partial charge in [0.05, 0.1) is 32.0 Å². The third kappa shape index (κ3) is 44.8. The lowest BCUT2D eigenvalue weighted by Crippen LogP contribution is -2.60. The molecular weight excluding hydrogens is 979 g/mol. The van der Waals surface area contributed by atoms with Crippen LogP contribution in [0.1, 0.15) is 277 Å². The topological polar surface area (TPSA) is 175 Å². The summed E-state index contributed by atoms with van der Waals surface area (Å²) in [5.74, 6) is -0.218. The Hall–Kier alpha value is -2.90. The van der Waals surface area contributed by atoms with Crippen LogP contribution in [0.3, 0.4) is 0 Å². The minimum atomic E-state index is -1.58. The average Bonchev–Trinajstić information content (AvgIpc) is 3.44. The van der Waals surface area contributed by atoms with Crippen LogP contribution in [0.2, 0.25) is 0 Å². The third-order valence-corrected chi connectivity index (χ3v) is 14.8. The molecule has 7 unspecified atom stereocenters. The van der Waals surface area contributed by atoms with Crippen LogP contribution in [0.5, 0.6) is 0 Å². The molecule has 1 aliphatic heterocycles. The van der Waals surface area contributed by atoms with Crippen LogP contribution in [-0.4, -0.2) is 100 Å². The molecule has 78 heavy (non-hydrogen) atoms. The van der Waals surface area contributed by atoms with Crippen molar-refractivity contribution in [3.8, 4) is 0 Å². The number of carbonyl (C=O) groups excluding carboxylic acids is 2. The number of allylic oxidation sites excluding steroid dienone is 11. The zero-order chi connectivity index (χ0) is 56.6. The maximum atomic E-state index is 13.0. The van der Waals surface area contributed by atoms with Gasteiger partial charge in [-0.25, -0.2) is 0 Å². The van der Waals surface area contributed by atoms with E-state index >= 15 is 0 Å². The van der Waals surface area contributed by atoms with E-state index in [2.05, 4.69) is 79.9 Å². The number of aliphatic hydroxyl groups is 5. The lowest BCUT2D eigenvalue weighted by Gasteiger charge is -2.40. The summed E-state index contributed by atoms with van der Waals surface area (Å²) in [6.45, 7) is 4.24. The van der Waals surface area contributed by atoms with Gasteiger partial charge >= 0.3 is 5.97 Å². The highest BCUT2D eigenvalue weighted by Gasteiger charge is 2.44. The van der Waals surface area contributed by atoms with Gasteiger partial charge in [-0.2, -0.15) is 0 Å². The minimum Gasteiger partial charge on any atom is -0.466 e. The maximum Gasteiger partial charge on any atom is 0.305 e. The average molecular weight is 1100 g/mol. The van der Waals surface area contributed by atoms with E-state index in [4.69, 9.17) is 14.2 Å². The number of esters is 1. The van der Waals surface area contributed by atoms with Gasteiger partial charge in [0, 0.05) is 12.8 Å². The molecule has 11 heteroatoms. The fourth-order valence-corrected chi connectivity index (χ4v) is 9.63. The Balaban J connectivity index is 1.99. The van der Waals surface area contributed by atoms with Crippen molar-refractivity contribution in [1.29, 1.82) is 0 Å². The molecule has 1 heterocycles. The van der Waals surface area contributed by atoms with Crippen molar-refractivity contribution in [2.75, 3.05) is 19.8 Å². The SMILES string of the molecule is CCCCC/C=C/CC/C=C/C(O)C(COC1OC(CO)C(O)C(O)C1O)NC(=O)CCCCCCCCCCC/C=C\C/C=C\CCCCCCCCCCCOC(=O)CCCCCCC/C=C\C/C=C\CCCCCC. The Labute approximate surface area is 477 Å². The highest BCUT2D eigenvalue weighted by atomic mass is 16.7. The van der Waals surface area contributed by atoms with Crippen molar-refractivity contribution < 1.29 is 49.3 Å². The van der Waals surface area contributed by atoms with E-state index in [1.165, 1.54) is 154 Å². The first kappa shape index (κ1) is 73.1. The van der Waals surface area contributed by atoms with Crippen LogP contribution in [0.25, 0.3) is 0 Å². The van der Waals surface area contributed by atoms with Crippen molar-refractivity contribution in [2.24, 2.45) is 0 Å². The number of ether oxygens (including phenoxy) is 3. The molecule has 0 spiro atoms. The van der Waals surface area contributed by atoms with E-state index in [9.17, 15) is 35.1 Å². The lowest BCUT2D eigenvalue weighted by atomic mass is 9.99. The number of rotatable bonds is 55. The standard InChI is InChI=1S/C67H119NO10/c1-3-5-7-9-11-13-14-15-16-29-32-35-39-43-47-51-55-63(72)76-56-52-48-44-40-36-33-30-27-25-23-21-19-17-18-20-22-24-26-28-31-34-38-42-46-50-54-62(71)68-59(60(70)53-49-45-41-37-12-10-8-6-4-2)58-77-67-66(75)65(74)64(73)61(57-69)78-67/h12-14,16,18-21,29,37,49,53,59-61,64-67,69-70,73-75H,3-11,15,17,22-28,30-36,38-48,50-52,54-58H2,1-2H3,(H,68,71)/b14-13-,20-18-,21-19-,29-16-,37-12+,53-49+. The summed E-state index contributed by atoms with van der Waals surface area (Å²) >= 11 is 0. The summed E-state index contributed by atoms with van der Waals surface area (Å²) in [5, 5.41) is 54.2. The summed E-state index contributed by atoms with van der Waals surface area (Å²) in [7, 11) is 0. The van der Waals surface area contributed by atoms with Gasteiger partial charge in [0.25, 0.3) is 0 Å². The van der Waals surface area contributed by atoms with Gasteiger partial charge in [-0.05, 0) is 109 Å². The fraction of sp³-hybridized carbons (Fsp3) is 0.791. The molecule has 6 N–H and O–H groups in total. The molecule has 0 aromatic heterocycles. The van der Waals surface area contributed by atoms with Crippen LogP contribution in [0, 0.1) is 0 Å². The second-order valence-corrected chi connectivity index (χ2v) is 22.1. The van der Waals surface area contributed by atoms with Crippen molar-refractivity contribution >= 4 is 11.9 Å². The second kappa shape index (κ2) is 56.0. The number of carbonyl (C=O) groups is 2. The van der Waals surface area contributed by atoms with Crippen LogP contribution < -0.4 is 5.32 Å². The van der Waals surface area contributed by atoms with Gasteiger partial charge in [0.2, 0.25) is 5.91 Å². The highest BCUT2D eigenvalue weighted by Crippen LogP contribution is 2.23. The molecule has 1 rings (SSSR count). The van der Waals surface area contributed by atoms with Crippen molar-refractivity contribution in [3.63, 3.8) is 0 Å². The number of hydrogen-bond donors (Lipinski definition) is 6. The number of unbranched alkanes of at least 4 members (excludes halogenated alkanes) is 31.